The van der Waals surface area contributed by atoms with E-state index in [4.69, 9.17) is 0 Å². The highest BCUT2D eigenvalue weighted by molar-refractivity contribution is 5.81. The van der Waals surface area contributed by atoms with E-state index in [1.54, 1.807) is 19.1 Å². The number of hydrogen-bond donors (Lipinski definition) is 0. The van der Waals surface area contributed by atoms with Gasteiger partial charge in [-0.15, -0.1) is 0 Å². The molecule has 1 fully saturated rings. The molecule has 0 unspecified atom stereocenters. The smallest absolute Gasteiger partial charge is 0.265 e. The number of rotatable bonds is 3. The number of amides is 1. The van der Waals surface area contributed by atoms with E-state index >= 15 is 0 Å². The predicted molar refractivity (Wildman–Crippen MR) is 103 cm³/mol. The zero-order valence-corrected chi connectivity index (χ0v) is 15.7. The van der Waals surface area contributed by atoms with Crippen LogP contribution in [0.15, 0.2) is 41.6 Å². The van der Waals surface area contributed by atoms with Gasteiger partial charge in [0.1, 0.15) is 23.6 Å². The van der Waals surface area contributed by atoms with Crippen LogP contribution in [0.5, 0.6) is 0 Å². The molecule has 28 heavy (non-hydrogen) atoms. The molecule has 3 heterocycles. The second-order valence-electron chi connectivity index (χ2n) is 7.14. The largest absolute Gasteiger partial charge is 0.341 e. The molecule has 8 heteroatoms. The molecule has 1 amide bonds. The van der Waals surface area contributed by atoms with Crippen molar-refractivity contribution in [3.63, 3.8) is 0 Å². The highest BCUT2D eigenvalue weighted by Crippen LogP contribution is 2.17. The van der Waals surface area contributed by atoms with Crippen LogP contribution in [-0.4, -0.2) is 43.2 Å². The van der Waals surface area contributed by atoms with Crippen LogP contribution in [0.3, 0.4) is 0 Å². The third kappa shape index (κ3) is 3.30. The van der Waals surface area contributed by atoms with Crippen molar-refractivity contribution < 1.29 is 9.18 Å². The molecule has 1 saturated heterocycles. The van der Waals surface area contributed by atoms with Crippen molar-refractivity contribution in [1.29, 1.82) is 0 Å². The average molecular weight is 383 g/mol. The summed E-state index contributed by atoms with van der Waals surface area (Å²) >= 11 is 0. The fourth-order valence-corrected chi connectivity index (χ4v) is 3.65. The number of nitrogens with zero attached hydrogens (tertiary/aromatic N) is 5. The van der Waals surface area contributed by atoms with Gasteiger partial charge in [0.25, 0.3) is 5.56 Å². The first-order valence-corrected chi connectivity index (χ1v) is 9.56. The Morgan fingerprint density at radius 2 is 1.79 bits per heavy atom. The normalized spacial score (nSPS) is 16.1. The maximum Gasteiger partial charge on any atom is 0.265 e. The lowest BCUT2D eigenvalue weighted by atomic mass is 10.2. The Labute approximate surface area is 161 Å². The Morgan fingerprint density at radius 3 is 2.46 bits per heavy atom. The predicted octanol–water partition coefficient (Wildman–Crippen LogP) is 2.68. The van der Waals surface area contributed by atoms with Crippen LogP contribution in [-0.2, 0) is 4.79 Å². The van der Waals surface area contributed by atoms with Crippen molar-refractivity contribution in [1.82, 2.24) is 24.2 Å². The number of likely N-dealkylation sites (tertiary alicyclic amines) is 1. The number of benzene rings is 1. The molecule has 3 aromatic rings. The van der Waals surface area contributed by atoms with Gasteiger partial charge in [-0.25, -0.2) is 14.1 Å². The zero-order valence-electron chi connectivity index (χ0n) is 15.7. The molecule has 0 bridgehead atoms. The Bertz CT molecular complexity index is 1050. The first-order valence-electron chi connectivity index (χ1n) is 9.56. The lowest BCUT2D eigenvalue weighted by Crippen LogP contribution is -2.39. The molecule has 4 rings (SSSR count). The van der Waals surface area contributed by atoms with Gasteiger partial charge < -0.3 is 4.90 Å². The molecule has 1 atom stereocenters. The van der Waals surface area contributed by atoms with E-state index in [-0.39, 0.29) is 17.3 Å². The van der Waals surface area contributed by atoms with Crippen LogP contribution in [0.2, 0.25) is 0 Å². The Hall–Kier alpha value is -3.03. The van der Waals surface area contributed by atoms with Gasteiger partial charge in [0.15, 0.2) is 5.65 Å². The molecule has 1 aliphatic heterocycles. The number of hydrogen-bond acceptors (Lipinski definition) is 4. The topological polar surface area (TPSA) is 73.0 Å². The molecule has 0 saturated carbocycles. The van der Waals surface area contributed by atoms with Crippen LogP contribution in [0.1, 0.15) is 38.6 Å². The monoisotopic (exact) mass is 383 g/mol. The van der Waals surface area contributed by atoms with Gasteiger partial charge in [0, 0.05) is 13.1 Å². The fraction of sp³-hybridized carbons (Fsp3) is 0.400. The van der Waals surface area contributed by atoms with Crippen LogP contribution >= 0.6 is 0 Å². The molecule has 1 aromatic carbocycles. The van der Waals surface area contributed by atoms with Crippen molar-refractivity contribution in [2.75, 3.05) is 13.1 Å². The molecule has 1 aliphatic rings. The number of carbonyl (C=O) groups excluding carboxylic acids is 1. The van der Waals surface area contributed by atoms with Gasteiger partial charge in [0.2, 0.25) is 5.91 Å². The summed E-state index contributed by atoms with van der Waals surface area (Å²) in [6.45, 7) is 3.19. The summed E-state index contributed by atoms with van der Waals surface area (Å²) in [7, 11) is 0. The molecule has 0 aliphatic carbocycles. The molecular formula is C20H22FN5O2. The fourth-order valence-electron chi connectivity index (χ4n) is 3.65. The minimum Gasteiger partial charge on any atom is -0.341 e. The van der Waals surface area contributed by atoms with Gasteiger partial charge in [0.05, 0.1) is 11.9 Å². The van der Waals surface area contributed by atoms with E-state index in [2.05, 4.69) is 10.1 Å². The molecule has 146 valence electrons. The van der Waals surface area contributed by atoms with Gasteiger partial charge in [-0.1, -0.05) is 12.8 Å². The molecule has 7 nitrogen and oxygen atoms in total. The van der Waals surface area contributed by atoms with Crippen molar-refractivity contribution in [3.05, 3.63) is 53.0 Å². The summed E-state index contributed by atoms with van der Waals surface area (Å²) < 4.78 is 16.0. The van der Waals surface area contributed by atoms with Crippen LogP contribution in [0, 0.1) is 5.82 Å². The zero-order chi connectivity index (χ0) is 19.7. The van der Waals surface area contributed by atoms with Gasteiger partial charge >= 0.3 is 0 Å². The van der Waals surface area contributed by atoms with Gasteiger partial charge in [-0.3, -0.25) is 14.2 Å². The second kappa shape index (κ2) is 7.53. The van der Waals surface area contributed by atoms with Crippen molar-refractivity contribution >= 4 is 16.9 Å². The highest BCUT2D eigenvalue weighted by atomic mass is 19.1. The Morgan fingerprint density at radius 1 is 1.11 bits per heavy atom. The molecule has 0 N–H and O–H groups in total. The molecule has 0 spiro atoms. The number of carbonyl (C=O) groups is 1. The van der Waals surface area contributed by atoms with Crippen LogP contribution in [0.4, 0.5) is 4.39 Å². The quantitative estimate of drug-likeness (QED) is 0.697. The lowest BCUT2D eigenvalue weighted by molar-refractivity contribution is -0.134. The summed E-state index contributed by atoms with van der Waals surface area (Å²) in [5.74, 6) is -0.410. The standard InChI is InChI=1S/C20H22FN5O2/c1-14(19(27)24-10-4-2-3-5-11-24)25-13-22-18-17(20(25)28)12-23-26(18)16-8-6-15(21)7-9-16/h6-9,12-14H,2-5,10-11H2,1H3/t14-/m0/s1. The Kier molecular flexibility index (Phi) is 4.93. The second-order valence-corrected chi connectivity index (χ2v) is 7.14. The van der Waals surface area contributed by atoms with Crippen molar-refractivity contribution in [2.45, 2.75) is 38.6 Å². The summed E-state index contributed by atoms with van der Waals surface area (Å²) in [6, 6.07) is 5.16. The van der Waals surface area contributed by atoms with E-state index in [9.17, 15) is 14.0 Å². The Balaban J connectivity index is 1.67. The van der Waals surface area contributed by atoms with E-state index in [1.165, 1.54) is 33.9 Å². The van der Waals surface area contributed by atoms with E-state index in [1.807, 2.05) is 4.90 Å². The summed E-state index contributed by atoms with van der Waals surface area (Å²) in [5.41, 5.74) is 0.672. The number of fused-ring (bicyclic) bond motifs is 1. The molecular weight excluding hydrogens is 361 g/mol. The van der Waals surface area contributed by atoms with Crippen LogP contribution in [0.25, 0.3) is 16.7 Å². The van der Waals surface area contributed by atoms with E-state index < -0.39 is 6.04 Å². The lowest BCUT2D eigenvalue weighted by Gasteiger charge is -2.25. The molecule has 2 aromatic heterocycles. The minimum atomic E-state index is -0.628. The number of halogens is 1. The van der Waals surface area contributed by atoms with E-state index in [0.29, 0.717) is 16.7 Å². The van der Waals surface area contributed by atoms with Crippen LogP contribution < -0.4 is 5.56 Å². The van der Waals surface area contributed by atoms with Gasteiger partial charge in [-0.05, 0) is 44.0 Å². The van der Waals surface area contributed by atoms with Crippen molar-refractivity contribution in [3.8, 4) is 5.69 Å². The minimum absolute atomic E-state index is 0.0592. The molecule has 0 radical (unpaired) electrons. The van der Waals surface area contributed by atoms with Crippen molar-refractivity contribution in [2.24, 2.45) is 0 Å². The average Bonchev–Trinajstić information content (AvgIpc) is 2.95. The maximum absolute atomic E-state index is 13.2. The summed E-state index contributed by atoms with van der Waals surface area (Å²) in [6.07, 6.45) is 7.09. The van der Waals surface area contributed by atoms with E-state index in [0.717, 1.165) is 38.8 Å². The SMILES string of the molecule is C[C@@H](C(=O)N1CCCCCC1)n1cnc2c(cnn2-c2ccc(F)cc2)c1=O. The van der Waals surface area contributed by atoms with Gasteiger partial charge in [-0.2, -0.15) is 5.10 Å². The number of aromatic nitrogens is 4. The third-order valence-corrected chi connectivity index (χ3v) is 5.28. The summed E-state index contributed by atoms with van der Waals surface area (Å²) in [5, 5.41) is 4.55. The maximum atomic E-state index is 13.2. The highest BCUT2D eigenvalue weighted by Gasteiger charge is 2.24. The summed E-state index contributed by atoms with van der Waals surface area (Å²) in [4.78, 5) is 32.1. The first-order chi connectivity index (χ1) is 13.6. The third-order valence-electron chi connectivity index (χ3n) is 5.28. The first kappa shape index (κ1) is 18.3.